The lowest BCUT2D eigenvalue weighted by molar-refractivity contribution is -0.148. The van der Waals surface area contributed by atoms with Gasteiger partial charge in [-0.25, -0.2) is 4.79 Å². The molecular formula is C23H30ClN3O4. The number of halogens is 1. The molecule has 0 spiro atoms. The number of amides is 1. The Bertz CT molecular complexity index is 809. The van der Waals surface area contributed by atoms with E-state index < -0.39 is 23.6 Å². The first-order valence-electron chi connectivity index (χ1n) is 10.1. The molecule has 2 aromatic rings. The molecule has 8 heteroatoms. The van der Waals surface area contributed by atoms with E-state index >= 15 is 0 Å². The maximum absolute atomic E-state index is 12.3. The minimum atomic E-state index is -0.955. The highest BCUT2D eigenvalue weighted by atomic mass is 35.5. The summed E-state index contributed by atoms with van der Waals surface area (Å²) in [5.74, 6) is -0.394. The van der Waals surface area contributed by atoms with Crippen LogP contribution < -0.4 is 5.73 Å². The fraction of sp³-hybridized carbons (Fsp3) is 0.391. The summed E-state index contributed by atoms with van der Waals surface area (Å²) in [4.78, 5) is 28.1. The van der Waals surface area contributed by atoms with Crippen LogP contribution in [0.3, 0.4) is 0 Å². The van der Waals surface area contributed by atoms with Crippen LogP contribution in [0.25, 0.3) is 0 Å². The normalized spacial score (nSPS) is 16.8. The van der Waals surface area contributed by atoms with Gasteiger partial charge in [0.05, 0.1) is 12.6 Å². The molecule has 0 aromatic heterocycles. The minimum absolute atomic E-state index is 0. The van der Waals surface area contributed by atoms with Crippen molar-refractivity contribution in [2.24, 2.45) is 5.73 Å². The lowest BCUT2D eigenvalue weighted by Gasteiger charge is -2.51. The van der Waals surface area contributed by atoms with Gasteiger partial charge in [0.2, 0.25) is 0 Å². The number of hydrogen-bond donors (Lipinski definition) is 2. The van der Waals surface area contributed by atoms with E-state index in [2.05, 4.69) is 0 Å². The number of methoxy groups -OCH3 is 1. The molecule has 0 radical (unpaired) electrons. The quantitative estimate of drug-likeness (QED) is 0.633. The van der Waals surface area contributed by atoms with Crippen LogP contribution in [0.1, 0.15) is 11.1 Å². The number of carboxylic acid groups (broad SMARTS) is 1. The number of benzene rings is 2. The van der Waals surface area contributed by atoms with E-state index in [4.69, 9.17) is 10.5 Å². The average molecular weight is 448 g/mol. The summed E-state index contributed by atoms with van der Waals surface area (Å²) in [6, 6.07) is 19.1. The molecular weight excluding hydrogens is 418 g/mol. The Balaban J connectivity index is 0.00000341. The van der Waals surface area contributed by atoms with Gasteiger partial charge < -0.3 is 15.6 Å². The van der Waals surface area contributed by atoms with E-state index in [-0.39, 0.29) is 19.0 Å². The number of rotatable bonds is 7. The van der Waals surface area contributed by atoms with Crippen molar-refractivity contribution in [1.29, 1.82) is 0 Å². The smallest absolute Gasteiger partial charge is 0.407 e. The topological polar surface area (TPSA) is 96.1 Å². The van der Waals surface area contributed by atoms with Gasteiger partial charge in [-0.3, -0.25) is 14.6 Å². The van der Waals surface area contributed by atoms with Crippen LogP contribution in [-0.4, -0.2) is 71.8 Å². The summed E-state index contributed by atoms with van der Waals surface area (Å²) in [5, 5.41) is 10.1. The summed E-state index contributed by atoms with van der Waals surface area (Å²) in [7, 11) is 1.35. The van der Waals surface area contributed by atoms with E-state index in [1.807, 2.05) is 65.6 Å². The zero-order valence-electron chi connectivity index (χ0n) is 17.6. The van der Waals surface area contributed by atoms with Crippen LogP contribution in [0.15, 0.2) is 60.7 Å². The molecule has 0 aliphatic carbocycles. The molecule has 3 rings (SSSR count). The molecule has 1 aliphatic rings. The van der Waals surface area contributed by atoms with E-state index in [0.717, 1.165) is 11.1 Å². The van der Waals surface area contributed by atoms with E-state index in [9.17, 15) is 14.7 Å². The first-order chi connectivity index (χ1) is 14.5. The summed E-state index contributed by atoms with van der Waals surface area (Å²) >= 11 is 0. The molecule has 1 unspecified atom stereocenters. The van der Waals surface area contributed by atoms with Crippen LogP contribution in [0.4, 0.5) is 4.79 Å². The largest absolute Gasteiger partial charge is 0.468 e. The molecule has 2 aromatic carbocycles. The molecule has 1 amide bonds. The number of piperazine rings is 1. The van der Waals surface area contributed by atoms with Gasteiger partial charge in [0, 0.05) is 26.2 Å². The zero-order chi connectivity index (χ0) is 21.6. The van der Waals surface area contributed by atoms with Crippen molar-refractivity contribution in [3.05, 3.63) is 71.8 Å². The van der Waals surface area contributed by atoms with Crippen molar-refractivity contribution in [3.8, 4) is 0 Å². The highest BCUT2D eigenvalue weighted by Crippen LogP contribution is 2.31. The first kappa shape index (κ1) is 24.7. The molecule has 1 aliphatic heterocycles. The molecule has 0 bridgehead atoms. The lowest BCUT2D eigenvalue weighted by atomic mass is 9.80. The minimum Gasteiger partial charge on any atom is -0.468 e. The van der Waals surface area contributed by atoms with Gasteiger partial charge in [0.25, 0.3) is 0 Å². The number of nitrogens with two attached hydrogens (primary N) is 1. The third-order valence-corrected chi connectivity index (χ3v) is 5.80. The van der Waals surface area contributed by atoms with Crippen LogP contribution in [0.5, 0.6) is 0 Å². The number of carbonyl (C=O) groups is 2. The van der Waals surface area contributed by atoms with E-state index in [1.165, 1.54) is 12.0 Å². The molecule has 1 atom stereocenters. The van der Waals surface area contributed by atoms with Crippen molar-refractivity contribution in [3.63, 3.8) is 0 Å². The highest BCUT2D eigenvalue weighted by Gasteiger charge is 2.46. The molecule has 31 heavy (non-hydrogen) atoms. The number of hydrogen-bond acceptors (Lipinski definition) is 5. The predicted molar refractivity (Wildman–Crippen MR) is 121 cm³/mol. The fourth-order valence-electron chi connectivity index (χ4n) is 4.42. The van der Waals surface area contributed by atoms with Crippen LogP contribution >= 0.6 is 12.4 Å². The van der Waals surface area contributed by atoms with Gasteiger partial charge in [-0.15, -0.1) is 12.4 Å². The van der Waals surface area contributed by atoms with Gasteiger partial charge in [-0.05, 0) is 24.0 Å². The van der Waals surface area contributed by atoms with Gasteiger partial charge in [-0.2, -0.15) is 0 Å². The zero-order valence-corrected chi connectivity index (χ0v) is 18.5. The van der Waals surface area contributed by atoms with Gasteiger partial charge in [-0.1, -0.05) is 60.7 Å². The Labute approximate surface area is 189 Å². The number of esters is 1. The van der Waals surface area contributed by atoms with E-state index in [0.29, 0.717) is 32.5 Å². The third kappa shape index (κ3) is 5.76. The summed E-state index contributed by atoms with van der Waals surface area (Å²) in [6.45, 7) is 1.23. The summed E-state index contributed by atoms with van der Waals surface area (Å²) in [5.41, 5.74) is 7.24. The van der Waals surface area contributed by atoms with Gasteiger partial charge in [0.15, 0.2) is 0 Å². The van der Waals surface area contributed by atoms with Gasteiger partial charge >= 0.3 is 12.1 Å². The van der Waals surface area contributed by atoms with E-state index in [1.54, 1.807) is 0 Å². The molecule has 1 saturated heterocycles. The van der Waals surface area contributed by atoms with Crippen LogP contribution in [0, 0.1) is 0 Å². The molecule has 1 heterocycles. The second-order valence-corrected chi connectivity index (χ2v) is 7.73. The van der Waals surface area contributed by atoms with Crippen molar-refractivity contribution >= 4 is 24.5 Å². The first-order valence-corrected chi connectivity index (χ1v) is 10.1. The molecule has 3 N–H and O–H groups in total. The van der Waals surface area contributed by atoms with Gasteiger partial charge in [0.1, 0.15) is 6.04 Å². The summed E-state index contributed by atoms with van der Waals surface area (Å²) < 4.78 is 4.94. The molecule has 7 nitrogen and oxygen atoms in total. The SMILES string of the molecule is COC(=O)C(CN)N1CCN(C(=O)O)C(Cc2ccccc2)(Cc2ccccc2)C1.Cl. The monoisotopic (exact) mass is 447 g/mol. The van der Waals surface area contributed by atoms with Crippen molar-refractivity contribution in [2.75, 3.05) is 33.3 Å². The average Bonchev–Trinajstić information content (AvgIpc) is 2.75. The van der Waals surface area contributed by atoms with Crippen molar-refractivity contribution < 1.29 is 19.4 Å². The fourth-order valence-corrected chi connectivity index (χ4v) is 4.42. The number of ether oxygens (including phenoxy) is 1. The number of carbonyl (C=O) groups excluding carboxylic acids is 1. The Kier molecular flexibility index (Phi) is 8.86. The second-order valence-electron chi connectivity index (χ2n) is 7.73. The molecule has 168 valence electrons. The van der Waals surface area contributed by atoms with Crippen molar-refractivity contribution in [1.82, 2.24) is 9.80 Å². The Hall–Kier alpha value is -2.61. The Morgan fingerprint density at radius 2 is 1.55 bits per heavy atom. The van der Waals surface area contributed by atoms with Crippen molar-refractivity contribution in [2.45, 2.75) is 24.4 Å². The molecule has 0 saturated carbocycles. The third-order valence-electron chi connectivity index (χ3n) is 5.80. The Morgan fingerprint density at radius 3 is 1.97 bits per heavy atom. The molecule has 1 fully saturated rings. The predicted octanol–water partition coefficient (Wildman–Crippen LogP) is 2.43. The highest BCUT2D eigenvalue weighted by molar-refractivity contribution is 5.85. The second kappa shape index (κ2) is 11.1. The maximum atomic E-state index is 12.3. The van der Waals surface area contributed by atoms with Crippen LogP contribution in [0.2, 0.25) is 0 Å². The maximum Gasteiger partial charge on any atom is 0.407 e. The van der Waals surface area contributed by atoms with Crippen LogP contribution in [-0.2, 0) is 22.4 Å². The summed E-state index contributed by atoms with van der Waals surface area (Å²) in [6.07, 6.45) is 0.109. The standard InChI is InChI=1S/C23H29N3O4.ClH/c1-30-21(27)20(16-24)25-12-13-26(22(28)29)23(17-25,14-18-8-4-2-5-9-18)15-19-10-6-3-7-11-19;/h2-11,20H,12-17,24H2,1H3,(H,28,29);1H. The Morgan fingerprint density at radius 1 is 1.03 bits per heavy atom. The lowest BCUT2D eigenvalue weighted by Crippen LogP contribution is -2.68. The number of nitrogens with zero attached hydrogens (tertiary/aromatic N) is 2.